The molecule has 1 fully saturated rings. The zero-order chi connectivity index (χ0) is 15.5. The molecule has 5 N–H and O–H groups in total. The summed E-state index contributed by atoms with van der Waals surface area (Å²) in [5.74, 6) is -0.498. The SMILES string of the molecule is CO[P+]1([O-])C[C@H](O)[C@@H](NC(C)=O)[C@H]([C@@H](O)[C@@H](O)CO)O1. The minimum absolute atomic E-state index is 0.354. The Balaban J connectivity index is 2.98. The Hall–Kier alpha value is -0.380. The number of aliphatic hydroxyl groups is 4. The molecule has 0 spiro atoms. The molecule has 0 saturated carbocycles. The molecule has 0 aromatic rings. The highest BCUT2D eigenvalue weighted by molar-refractivity contribution is 7.59. The fourth-order valence-corrected chi connectivity index (χ4v) is 3.62. The average molecular weight is 313 g/mol. The molecule has 1 aliphatic rings. The third-order valence-corrected chi connectivity index (χ3v) is 4.97. The molecule has 9 nitrogen and oxygen atoms in total. The summed E-state index contributed by atoms with van der Waals surface area (Å²) in [6.07, 6.45) is -6.26. The van der Waals surface area contributed by atoms with Crippen molar-refractivity contribution in [1.29, 1.82) is 0 Å². The van der Waals surface area contributed by atoms with E-state index < -0.39 is 50.9 Å². The quantitative estimate of drug-likeness (QED) is 0.332. The lowest BCUT2D eigenvalue weighted by atomic mass is 9.97. The first-order valence-electron chi connectivity index (χ1n) is 5.99. The largest absolute Gasteiger partial charge is 0.631 e. The zero-order valence-corrected chi connectivity index (χ0v) is 12.1. The van der Waals surface area contributed by atoms with Gasteiger partial charge in [0.25, 0.3) is 0 Å². The summed E-state index contributed by atoms with van der Waals surface area (Å²) in [5, 5.41) is 40.5. The van der Waals surface area contributed by atoms with E-state index in [1.807, 2.05) is 0 Å². The van der Waals surface area contributed by atoms with Crippen molar-refractivity contribution in [2.24, 2.45) is 0 Å². The fraction of sp³-hybridized carbons (Fsp3) is 0.900. The Bertz CT molecular complexity index is 345. The van der Waals surface area contributed by atoms with Crippen molar-refractivity contribution >= 4 is 13.9 Å². The molecule has 6 atom stereocenters. The maximum atomic E-state index is 12.1. The van der Waals surface area contributed by atoms with Crippen LogP contribution in [0.3, 0.4) is 0 Å². The molecule has 1 heterocycles. The molecule has 0 bridgehead atoms. The van der Waals surface area contributed by atoms with Crippen LogP contribution >= 0.6 is 7.94 Å². The van der Waals surface area contributed by atoms with E-state index in [2.05, 4.69) is 5.32 Å². The van der Waals surface area contributed by atoms with Gasteiger partial charge in [-0.3, -0.25) is 4.79 Å². The second-order valence-corrected chi connectivity index (χ2v) is 6.74. The van der Waals surface area contributed by atoms with Crippen LogP contribution in [0.4, 0.5) is 0 Å². The van der Waals surface area contributed by atoms with Crippen LogP contribution < -0.4 is 10.2 Å². The summed E-state index contributed by atoms with van der Waals surface area (Å²) in [4.78, 5) is 23.2. The highest BCUT2D eigenvalue weighted by Gasteiger charge is 2.52. The minimum atomic E-state index is -3.65. The Morgan fingerprint density at radius 3 is 2.65 bits per heavy atom. The second-order valence-electron chi connectivity index (χ2n) is 4.58. The molecule has 1 amide bonds. The fourth-order valence-electron chi connectivity index (χ4n) is 1.99. The molecule has 0 aliphatic carbocycles. The van der Waals surface area contributed by atoms with E-state index in [1.54, 1.807) is 0 Å². The number of rotatable bonds is 5. The van der Waals surface area contributed by atoms with Crippen molar-refractivity contribution in [3.8, 4) is 0 Å². The Kier molecular flexibility index (Phi) is 6.24. The molecule has 0 radical (unpaired) electrons. The monoisotopic (exact) mass is 313 g/mol. The van der Waals surface area contributed by atoms with Gasteiger partial charge in [-0.2, -0.15) is 0 Å². The van der Waals surface area contributed by atoms with Crippen molar-refractivity contribution < 1.29 is 39.2 Å². The Labute approximate surface area is 116 Å². The number of hydrogen-bond donors (Lipinski definition) is 5. The van der Waals surface area contributed by atoms with E-state index in [-0.39, 0.29) is 6.16 Å². The smallest absolute Gasteiger partial charge is 0.240 e. The normalized spacial score (nSPS) is 37.2. The Morgan fingerprint density at radius 2 is 2.20 bits per heavy atom. The number of amides is 1. The van der Waals surface area contributed by atoms with Gasteiger partial charge in [-0.25, -0.2) is 9.05 Å². The van der Waals surface area contributed by atoms with Crippen LogP contribution in [0.15, 0.2) is 0 Å². The van der Waals surface area contributed by atoms with Gasteiger partial charge in [0.05, 0.1) is 19.8 Å². The molecule has 1 rings (SSSR count). The summed E-state index contributed by atoms with van der Waals surface area (Å²) < 4.78 is 9.83. The average Bonchev–Trinajstić information content (AvgIpc) is 2.39. The first-order valence-corrected chi connectivity index (χ1v) is 7.72. The van der Waals surface area contributed by atoms with Gasteiger partial charge >= 0.3 is 0 Å². The highest BCUT2D eigenvalue weighted by atomic mass is 31.2. The predicted octanol–water partition coefficient (Wildman–Crippen LogP) is -3.27. The van der Waals surface area contributed by atoms with E-state index in [0.717, 1.165) is 7.11 Å². The molecule has 10 heteroatoms. The summed E-state index contributed by atoms with van der Waals surface area (Å²) >= 11 is 0. The number of carbonyl (C=O) groups is 1. The van der Waals surface area contributed by atoms with Crippen LogP contribution in [0.25, 0.3) is 0 Å². The lowest BCUT2D eigenvalue weighted by Crippen LogP contribution is -2.62. The van der Waals surface area contributed by atoms with E-state index in [0.29, 0.717) is 0 Å². The van der Waals surface area contributed by atoms with Crippen molar-refractivity contribution in [2.45, 2.75) is 37.4 Å². The molecule has 1 saturated heterocycles. The maximum absolute atomic E-state index is 12.1. The molecule has 0 aromatic heterocycles. The standard InChI is InChI=1S/C10H20NO8P/c1-5(13)11-8-7(15)4-20(17,18-2)19-10(8)9(16)6(14)3-12/h6-10,12,14-16H,3-4H2,1-2H3,(H,11,13)/t6-,7-,8+,9-,10+,20?/m0/s1. The van der Waals surface area contributed by atoms with Crippen molar-refractivity contribution in [1.82, 2.24) is 5.32 Å². The van der Waals surface area contributed by atoms with E-state index in [4.69, 9.17) is 14.2 Å². The van der Waals surface area contributed by atoms with Crippen LogP contribution in [-0.2, 0) is 13.8 Å². The molecule has 1 unspecified atom stereocenters. The molecule has 0 aromatic carbocycles. The van der Waals surface area contributed by atoms with Crippen LogP contribution in [0.5, 0.6) is 0 Å². The van der Waals surface area contributed by atoms with Gasteiger partial charge < -0.3 is 30.6 Å². The van der Waals surface area contributed by atoms with Gasteiger partial charge in [0.15, 0.2) is 6.10 Å². The lowest BCUT2D eigenvalue weighted by molar-refractivity contribution is -0.237. The zero-order valence-electron chi connectivity index (χ0n) is 11.2. The van der Waals surface area contributed by atoms with Gasteiger partial charge in [-0.15, -0.1) is 0 Å². The topological polar surface area (TPSA) is 152 Å². The van der Waals surface area contributed by atoms with Crippen molar-refractivity contribution in [3.63, 3.8) is 0 Å². The third-order valence-electron chi connectivity index (χ3n) is 3.03. The Morgan fingerprint density at radius 1 is 1.60 bits per heavy atom. The summed E-state index contributed by atoms with van der Waals surface area (Å²) in [7, 11) is -2.52. The van der Waals surface area contributed by atoms with Gasteiger partial charge in [0.1, 0.15) is 24.5 Å². The molecule has 1 aliphatic heterocycles. The van der Waals surface area contributed by atoms with E-state index in [1.165, 1.54) is 6.92 Å². The molecular formula is C10H20NO8P. The summed E-state index contributed by atoms with van der Waals surface area (Å²) in [6.45, 7) is 0.435. The van der Waals surface area contributed by atoms with Gasteiger partial charge in [0, 0.05) is 6.92 Å². The first-order chi connectivity index (χ1) is 9.24. The predicted molar refractivity (Wildman–Crippen MR) is 66.4 cm³/mol. The highest BCUT2D eigenvalue weighted by Crippen LogP contribution is 2.57. The van der Waals surface area contributed by atoms with Crippen molar-refractivity contribution in [2.75, 3.05) is 19.9 Å². The summed E-state index contributed by atoms with van der Waals surface area (Å²) in [5.41, 5.74) is 0. The van der Waals surface area contributed by atoms with Crippen LogP contribution in [-0.4, -0.2) is 76.7 Å². The third kappa shape index (κ3) is 4.06. The minimum Gasteiger partial charge on any atom is -0.631 e. The summed E-state index contributed by atoms with van der Waals surface area (Å²) in [6, 6.07) is -1.08. The molecule has 118 valence electrons. The number of nitrogens with one attached hydrogen (secondary N) is 1. The van der Waals surface area contributed by atoms with Crippen molar-refractivity contribution in [3.05, 3.63) is 0 Å². The number of hydrogen-bond acceptors (Lipinski definition) is 8. The molecular weight excluding hydrogens is 293 g/mol. The van der Waals surface area contributed by atoms with Crippen LogP contribution in [0, 0.1) is 0 Å². The number of carbonyl (C=O) groups excluding carboxylic acids is 1. The van der Waals surface area contributed by atoms with E-state index >= 15 is 0 Å². The lowest BCUT2D eigenvalue weighted by Gasteiger charge is -2.43. The van der Waals surface area contributed by atoms with Crippen LogP contribution in [0.1, 0.15) is 6.92 Å². The van der Waals surface area contributed by atoms with E-state index in [9.17, 15) is 25.0 Å². The number of aliphatic hydroxyl groups excluding tert-OH is 4. The van der Waals surface area contributed by atoms with Gasteiger partial charge in [-0.05, 0) is 0 Å². The van der Waals surface area contributed by atoms with Gasteiger partial charge in [0.2, 0.25) is 13.9 Å². The maximum Gasteiger partial charge on any atom is 0.240 e. The molecule has 20 heavy (non-hydrogen) atoms. The van der Waals surface area contributed by atoms with Gasteiger partial charge in [-0.1, -0.05) is 0 Å². The first kappa shape index (κ1) is 17.7. The second kappa shape index (κ2) is 7.06. The van der Waals surface area contributed by atoms with Crippen LogP contribution in [0.2, 0.25) is 0 Å².